The van der Waals surface area contributed by atoms with Gasteiger partial charge in [-0.3, -0.25) is 9.59 Å². The van der Waals surface area contributed by atoms with Crippen LogP contribution in [0, 0.1) is 5.92 Å². The van der Waals surface area contributed by atoms with Crippen LogP contribution in [0.1, 0.15) is 26.2 Å². The second-order valence-corrected chi connectivity index (χ2v) is 4.22. The van der Waals surface area contributed by atoms with E-state index in [0.29, 0.717) is 19.8 Å². The standard InChI is InChI=1S/C12H21NO4/c1-3-6-13(9-11(14)16-2)12(15)10-4-7-17-8-5-10/h10H,3-9H2,1-2H3. The Morgan fingerprint density at radius 2 is 2.00 bits per heavy atom. The number of amides is 1. The van der Waals surface area contributed by atoms with Crippen molar-refractivity contribution in [2.24, 2.45) is 5.92 Å². The molecule has 5 nitrogen and oxygen atoms in total. The number of rotatable bonds is 5. The van der Waals surface area contributed by atoms with Crippen LogP contribution in [-0.4, -0.2) is 50.2 Å². The molecule has 0 radical (unpaired) electrons. The van der Waals surface area contributed by atoms with Crippen molar-refractivity contribution < 1.29 is 19.1 Å². The van der Waals surface area contributed by atoms with Crippen LogP contribution in [0.4, 0.5) is 0 Å². The lowest BCUT2D eigenvalue weighted by atomic mass is 9.98. The van der Waals surface area contributed by atoms with E-state index in [1.807, 2.05) is 6.92 Å². The molecule has 0 aromatic carbocycles. The summed E-state index contributed by atoms with van der Waals surface area (Å²) in [4.78, 5) is 25.0. The maximum Gasteiger partial charge on any atom is 0.325 e. The Hall–Kier alpha value is -1.10. The molecule has 0 aromatic heterocycles. The molecule has 0 N–H and O–H groups in total. The van der Waals surface area contributed by atoms with Gasteiger partial charge >= 0.3 is 5.97 Å². The fourth-order valence-electron chi connectivity index (χ4n) is 1.96. The highest BCUT2D eigenvalue weighted by Crippen LogP contribution is 2.17. The average molecular weight is 243 g/mol. The zero-order valence-electron chi connectivity index (χ0n) is 10.6. The van der Waals surface area contributed by atoms with Crippen LogP contribution in [0.3, 0.4) is 0 Å². The molecule has 0 atom stereocenters. The molecule has 1 fully saturated rings. The Morgan fingerprint density at radius 1 is 1.35 bits per heavy atom. The van der Waals surface area contributed by atoms with Crippen molar-refractivity contribution in [1.29, 1.82) is 0 Å². The SMILES string of the molecule is CCCN(CC(=O)OC)C(=O)C1CCOCC1. The first kappa shape index (κ1) is 14.0. The van der Waals surface area contributed by atoms with Crippen molar-refractivity contribution >= 4 is 11.9 Å². The molecule has 0 bridgehead atoms. The van der Waals surface area contributed by atoms with Crippen LogP contribution in [0.2, 0.25) is 0 Å². The van der Waals surface area contributed by atoms with Gasteiger partial charge in [-0.2, -0.15) is 0 Å². The van der Waals surface area contributed by atoms with Gasteiger partial charge in [-0.1, -0.05) is 6.92 Å². The Labute approximate surface area is 102 Å². The largest absolute Gasteiger partial charge is 0.468 e. The Morgan fingerprint density at radius 3 is 2.53 bits per heavy atom. The molecule has 1 aliphatic rings. The summed E-state index contributed by atoms with van der Waals surface area (Å²) in [5.74, 6) is -0.306. The van der Waals surface area contributed by atoms with E-state index in [1.54, 1.807) is 4.90 Å². The van der Waals surface area contributed by atoms with Gasteiger partial charge in [-0.25, -0.2) is 0 Å². The van der Waals surface area contributed by atoms with Crippen LogP contribution >= 0.6 is 0 Å². The van der Waals surface area contributed by atoms with Crippen molar-refractivity contribution in [3.63, 3.8) is 0 Å². The predicted octanol–water partition coefficient (Wildman–Crippen LogP) is 0.825. The van der Waals surface area contributed by atoms with E-state index >= 15 is 0 Å². The normalized spacial score (nSPS) is 16.6. The second-order valence-electron chi connectivity index (χ2n) is 4.22. The molecule has 1 heterocycles. The van der Waals surface area contributed by atoms with Crippen molar-refractivity contribution in [1.82, 2.24) is 4.90 Å². The lowest BCUT2D eigenvalue weighted by Gasteiger charge is -2.28. The van der Waals surface area contributed by atoms with Gasteiger partial charge in [0.1, 0.15) is 6.54 Å². The smallest absolute Gasteiger partial charge is 0.325 e. The lowest BCUT2D eigenvalue weighted by Crippen LogP contribution is -2.42. The van der Waals surface area contributed by atoms with E-state index in [0.717, 1.165) is 19.3 Å². The van der Waals surface area contributed by atoms with E-state index in [-0.39, 0.29) is 24.3 Å². The number of carbonyl (C=O) groups excluding carboxylic acids is 2. The van der Waals surface area contributed by atoms with E-state index in [9.17, 15) is 9.59 Å². The van der Waals surface area contributed by atoms with Gasteiger partial charge in [-0.05, 0) is 19.3 Å². The summed E-state index contributed by atoms with van der Waals surface area (Å²) in [6, 6.07) is 0. The number of hydrogen-bond donors (Lipinski definition) is 0. The number of ether oxygens (including phenoxy) is 2. The van der Waals surface area contributed by atoms with Crippen LogP contribution in [0.25, 0.3) is 0 Å². The molecular weight excluding hydrogens is 222 g/mol. The molecule has 0 spiro atoms. The summed E-state index contributed by atoms with van der Waals surface area (Å²) in [6.45, 7) is 3.91. The fraction of sp³-hybridized carbons (Fsp3) is 0.833. The Balaban J connectivity index is 2.55. The van der Waals surface area contributed by atoms with Gasteiger partial charge in [0.25, 0.3) is 0 Å². The first-order valence-corrected chi connectivity index (χ1v) is 6.12. The third-order valence-electron chi connectivity index (χ3n) is 2.92. The minimum atomic E-state index is -0.362. The number of nitrogens with zero attached hydrogens (tertiary/aromatic N) is 1. The van der Waals surface area contributed by atoms with Gasteiger partial charge in [0.05, 0.1) is 7.11 Å². The topological polar surface area (TPSA) is 55.8 Å². The highest BCUT2D eigenvalue weighted by Gasteiger charge is 2.27. The van der Waals surface area contributed by atoms with Crippen molar-refractivity contribution in [3.8, 4) is 0 Å². The molecule has 1 saturated heterocycles. The maximum atomic E-state index is 12.2. The third kappa shape index (κ3) is 4.34. The zero-order chi connectivity index (χ0) is 12.7. The van der Waals surface area contributed by atoms with Crippen molar-refractivity contribution in [3.05, 3.63) is 0 Å². The minimum Gasteiger partial charge on any atom is -0.468 e. The molecule has 0 aromatic rings. The van der Waals surface area contributed by atoms with Crippen LogP contribution in [0.15, 0.2) is 0 Å². The van der Waals surface area contributed by atoms with Gasteiger partial charge < -0.3 is 14.4 Å². The van der Waals surface area contributed by atoms with Crippen LogP contribution in [0.5, 0.6) is 0 Å². The first-order valence-electron chi connectivity index (χ1n) is 6.12. The molecule has 1 amide bonds. The van der Waals surface area contributed by atoms with Crippen LogP contribution in [-0.2, 0) is 19.1 Å². The van der Waals surface area contributed by atoms with Crippen molar-refractivity contribution in [2.75, 3.05) is 33.4 Å². The van der Waals surface area contributed by atoms with Gasteiger partial charge in [0, 0.05) is 25.7 Å². The summed E-state index contributed by atoms with van der Waals surface area (Å²) in [5.41, 5.74) is 0. The molecule has 98 valence electrons. The molecule has 1 rings (SSSR count). The van der Waals surface area contributed by atoms with Crippen LogP contribution < -0.4 is 0 Å². The highest BCUT2D eigenvalue weighted by molar-refractivity contribution is 5.83. The number of hydrogen-bond acceptors (Lipinski definition) is 4. The summed E-state index contributed by atoms with van der Waals surface area (Å²) in [5, 5.41) is 0. The lowest BCUT2D eigenvalue weighted by molar-refractivity contribution is -0.149. The van der Waals surface area contributed by atoms with E-state index in [2.05, 4.69) is 4.74 Å². The predicted molar refractivity (Wildman–Crippen MR) is 62.4 cm³/mol. The first-order chi connectivity index (χ1) is 8.19. The molecule has 17 heavy (non-hydrogen) atoms. The Bertz CT molecular complexity index is 261. The van der Waals surface area contributed by atoms with E-state index < -0.39 is 0 Å². The summed E-state index contributed by atoms with van der Waals surface area (Å²) < 4.78 is 9.84. The fourth-order valence-corrected chi connectivity index (χ4v) is 1.96. The number of esters is 1. The minimum absolute atomic E-state index is 0.0000406. The highest BCUT2D eigenvalue weighted by atomic mass is 16.5. The zero-order valence-corrected chi connectivity index (χ0v) is 10.6. The van der Waals surface area contributed by atoms with Gasteiger partial charge in [0.15, 0.2) is 0 Å². The Kier molecular flexibility index (Phi) is 5.97. The number of methoxy groups -OCH3 is 1. The molecule has 1 aliphatic heterocycles. The summed E-state index contributed by atoms with van der Waals surface area (Å²) >= 11 is 0. The summed E-state index contributed by atoms with van der Waals surface area (Å²) in [6.07, 6.45) is 2.34. The third-order valence-corrected chi connectivity index (χ3v) is 2.92. The quantitative estimate of drug-likeness (QED) is 0.671. The van der Waals surface area contributed by atoms with E-state index in [1.165, 1.54) is 7.11 Å². The maximum absolute atomic E-state index is 12.2. The number of carbonyl (C=O) groups is 2. The molecule has 5 heteroatoms. The van der Waals surface area contributed by atoms with Gasteiger partial charge in [-0.15, -0.1) is 0 Å². The average Bonchev–Trinajstić information content (AvgIpc) is 2.38. The second kappa shape index (κ2) is 7.27. The van der Waals surface area contributed by atoms with Crippen molar-refractivity contribution in [2.45, 2.75) is 26.2 Å². The molecule has 0 aliphatic carbocycles. The van der Waals surface area contributed by atoms with E-state index in [4.69, 9.17) is 4.74 Å². The monoisotopic (exact) mass is 243 g/mol. The summed E-state index contributed by atoms with van der Waals surface area (Å²) in [7, 11) is 1.34. The van der Waals surface area contributed by atoms with Gasteiger partial charge in [0.2, 0.25) is 5.91 Å². The molecule has 0 saturated carbocycles. The molecular formula is C12H21NO4. The molecule has 0 unspecified atom stereocenters.